The van der Waals surface area contributed by atoms with Crippen LogP contribution in [0.2, 0.25) is 5.02 Å². The van der Waals surface area contributed by atoms with Gasteiger partial charge in [0, 0.05) is 11.3 Å². The molecule has 0 radical (unpaired) electrons. The highest BCUT2D eigenvalue weighted by atomic mass is 35.5. The fraction of sp³-hybridized carbons (Fsp3) is 0.250. The highest BCUT2D eigenvalue weighted by molar-refractivity contribution is 6.33. The van der Waals surface area contributed by atoms with E-state index in [0.29, 0.717) is 29.1 Å². The first-order valence-electron chi connectivity index (χ1n) is 7.11. The third kappa shape index (κ3) is 2.60. The van der Waals surface area contributed by atoms with E-state index in [1.807, 2.05) is 0 Å². The molecule has 3 rings (SSSR count). The standard InChI is InChI=1S/C16H15ClN2O3/c17-10-6-2-4-8-12(10)19-16(22)13-14(20)9-5-1-3-7-11(9)18-15(13)21/h2,4,6,8H,1,3,5,7H2,(H,19,22)(H2,18,20,21). The molecular weight excluding hydrogens is 304 g/mol. The lowest BCUT2D eigenvalue weighted by molar-refractivity contribution is 0.102. The van der Waals surface area contributed by atoms with Gasteiger partial charge in [0.05, 0.1) is 10.7 Å². The van der Waals surface area contributed by atoms with Crippen molar-refractivity contribution < 1.29 is 9.90 Å². The fourth-order valence-electron chi connectivity index (χ4n) is 2.72. The Bertz CT molecular complexity index is 798. The molecule has 1 heterocycles. The predicted octanol–water partition coefficient (Wildman–Crippen LogP) is 2.87. The van der Waals surface area contributed by atoms with Gasteiger partial charge < -0.3 is 15.4 Å². The Labute approximate surface area is 131 Å². The third-order valence-electron chi connectivity index (χ3n) is 3.83. The number of aryl methyl sites for hydroxylation is 1. The molecule has 0 saturated carbocycles. The molecule has 1 aliphatic carbocycles. The van der Waals surface area contributed by atoms with Crippen LogP contribution in [-0.4, -0.2) is 16.0 Å². The second kappa shape index (κ2) is 5.85. The summed E-state index contributed by atoms with van der Waals surface area (Å²) < 4.78 is 0. The molecule has 0 fully saturated rings. The van der Waals surface area contributed by atoms with Gasteiger partial charge in [-0.15, -0.1) is 0 Å². The van der Waals surface area contributed by atoms with Crippen LogP contribution in [-0.2, 0) is 12.8 Å². The largest absolute Gasteiger partial charge is 0.507 e. The molecule has 3 N–H and O–H groups in total. The maximum Gasteiger partial charge on any atom is 0.265 e. The maximum atomic E-state index is 12.3. The highest BCUT2D eigenvalue weighted by Gasteiger charge is 2.24. The van der Waals surface area contributed by atoms with Crippen LogP contribution in [0.1, 0.15) is 34.5 Å². The number of H-pyrrole nitrogens is 1. The van der Waals surface area contributed by atoms with Gasteiger partial charge in [-0.2, -0.15) is 0 Å². The smallest absolute Gasteiger partial charge is 0.265 e. The monoisotopic (exact) mass is 318 g/mol. The molecule has 1 aliphatic rings. The number of amides is 1. The van der Waals surface area contributed by atoms with E-state index in [4.69, 9.17) is 11.6 Å². The Morgan fingerprint density at radius 2 is 1.95 bits per heavy atom. The first-order valence-corrected chi connectivity index (χ1v) is 7.48. The molecule has 0 bridgehead atoms. The number of aromatic amines is 1. The summed E-state index contributed by atoms with van der Waals surface area (Å²) in [5, 5.41) is 13.2. The SMILES string of the molecule is O=C(Nc1ccccc1Cl)c1c(O)c2c([nH]c1=O)CCCC2. The molecule has 0 aliphatic heterocycles. The molecule has 0 spiro atoms. The van der Waals surface area contributed by atoms with Crippen molar-refractivity contribution in [2.75, 3.05) is 5.32 Å². The Kier molecular flexibility index (Phi) is 3.90. The zero-order valence-electron chi connectivity index (χ0n) is 11.8. The van der Waals surface area contributed by atoms with Crippen LogP contribution in [0.4, 0.5) is 5.69 Å². The number of fused-ring (bicyclic) bond motifs is 1. The lowest BCUT2D eigenvalue weighted by atomic mass is 9.93. The molecule has 1 amide bonds. The van der Waals surface area contributed by atoms with Crippen molar-refractivity contribution in [3.05, 3.63) is 56.5 Å². The van der Waals surface area contributed by atoms with Crippen molar-refractivity contribution in [1.29, 1.82) is 0 Å². The molecule has 5 nitrogen and oxygen atoms in total. The average Bonchev–Trinajstić information content (AvgIpc) is 2.49. The van der Waals surface area contributed by atoms with Crippen LogP contribution in [0.25, 0.3) is 0 Å². The van der Waals surface area contributed by atoms with Crippen molar-refractivity contribution in [2.24, 2.45) is 0 Å². The Morgan fingerprint density at radius 1 is 1.23 bits per heavy atom. The van der Waals surface area contributed by atoms with Crippen LogP contribution in [0, 0.1) is 0 Å². The zero-order chi connectivity index (χ0) is 15.7. The third-order valence-corrected chi connectivity index (χ3v) is 4.16. The fourth-order valence-corrected chi connectivity index (χ4v) is 2.90. The van der Waals surface area contributed by atoms with E-state index in [1.165, 1.54) is 0 Å². The number of hydrogen-bond acceptors (Lipinski definition) is 3. The first-order chi connectivity index (χ1) is 10.6. The van der Waals surface area contributed by atoms with Crippen LogP contribution in [0.15, 0.2) is 29.1 Å². The van der Waals surface area contributed by atoms with Crippen molar-refractivity contribution in [2.45, 2.75) is 25.7 Å². The summed E-state index contributed by atoms with van der Waals surface area (Å²) in [7, 11) is 0. The van der Waals surface area contributed by atoms with E-state index in [2.05, 4.69) is 10.3 Å². The number of carbonyl (C=O) groups is 1. The van der Waals surface area contributed by atoms with E-state index in [9.17, 15) is 14.7 Å². The number of anilines is 1. The van der Waals surface area contributed by atoms with Gasteiger partial charge in [0.2, 0.25) is 0 Å². The van der Waals surface area contributed by atoms with E-state index in [1.54, 1.807) is 24.3 Å². The molecule has 0 unspecified atom stereocenters. The number of carbonyl (C=O) groups excluding carboxylic acids is 1. The second-order valence-electron chi connectivity index (χ2n) is 5.28. The van der Waals surface area contributed by atoms with Crippen molar-refractivity contribution >= 4 is 23.2 Å². The molecule has 0 saturated heterocycles. The van der Waals surface area contributed by atoms with E-state index < -0.39 is 11.5 Å². The van der Waals surface area contributed by atoms with E-state index >= 15 is 0 Å². The van der Waals surface area contributed by atoms with Gasteiger partial charge in [-0.3, -0.25) is 9.59 Å². The van der Waals surface area contributed by atoms with Gasteiger partial charge in [-0.05, 0) is 37.8 Å². The van der Waals surface area contributed by atoms with Crippen LogP contribution in [0.3, 0.4) is 0 Å². The number of rotatable bonds is 2. The number of pyridine rings is 1. The van der Waals surface area contributed by atoms with Crippen molar-refractivity contribution in [3.8, 4) is 5.75 Å². The lowest BCUT2D eigenvalue weighted by Crippen LogP contribution is -2.26. The molecule has 0 atom stereocenters. The molecule has 2 aromatic rings. The number of nitrogens with one attached hydrogen (secondary N) is 2. The van der Waals surface area contributed by atoms with Crippen molar-refractivity contribution in [3.63, 3.8) is 0 Å². The predicted molar refractivity (Wildman–Crippen MR) is 84.8 cm³/mol. The zero-order valence-corrected chi connectivity index (χ0v) is 12.5. The van der Waals surface area contributed by atoms with Gasteiger partial charge in [-0.25, -0.2) is 0 Å². The Morgan fingerprint density at radius 3 is 2.73 bits per heavy atom. The molecule has 1 aromatic carbocycles. The summed E-state index contributed by atoms with van der Waals surface area (Å²) in [6.07, 6.45) is 3.26. The normalized spacial score (nSPS) is 13.5. The Hall–Kier alpha value is -2.27. The van der Waals surface area contributed by atoms with Gasteiger partial charge >= 0.3 is 0 Å². The molecule has 6 heteroatoms. The minimum absolute atomic E-state index is 0.219. The number of aromatic hydroxyl groups is 1. The summed E-state index contributed by atoms with van der Waals surface area (Å²) in [5.41, 5.74) is 0.937. The lowest BCUT2D eigenvalue weighted by Gasteiger charge is -2.18. The topological polar surface area (TPSA) is 82.2 Å². The summed E-state index contributed by atoms with van der Waals surface area (Å²) in [5.74, 6) is -0.886. The van der Waals surface area contributed by atoms with Gasteiger partial charge in [0.15, 0.2) is 0 Å². The first kappa shape index (κ1) is 14.7. The number of para-hydroxylation sites is 1. The number of aromatic nitrogens is 1. The summed E-state index contributed by atoms with van der Waals surface area (Å²) >= 11 is 5.99. The maximum absolute atomic E-state index is 12.3. The summed E-state index contributed by atoms with van der Waals surface area (Å²) in [4.78, 5) is 27.2. The summed E-state index contributed by atoms with van der Waals surface area (Å²) in [6, 6.07) is 6.72. The second-order valence-corrected chi connectivity index (χ2v) is 5.68. The van der Waals surface area contributed by atoms with Gasteiger partial charge in [-0.1, -0.05) is 23.7 Å². The van der Waals surface area contributed by atoms with E-state index in [-0.39, 0.29) is 11.3 Å². The molecule has 1 aromatic heterocycles. The number of benzene rings is 1. The number of halogens is 1. The molecular formula is C16H15ClN2O3. The Balaban J connectivity index is 2.00. The van der Waals surface area contributed by atoms with Crippen LogP contribution in [0.5, 0.6) is 5.75 Å². The quantitative estimate of drug-likeness (QED) is 0.796. The highest BCUT2D eigenvalue weighted by Crippen LogP contribution is 2.29. The van der Waals surface area contributed by atoms with Crippen LogP contribution >= 0.6 is 11.6 Å². The average molecular weight is 319 g/mol. The number of hydrogen-bond donors (Lipinski definition) is 3. The van der Waals surface area contributed by atoms with Crippen molar-refractivity contribution in [1.82, 2.24) is 4.98 Å². The van der Waals surface area contributed by atoms with Crippen LogP contribution < -0.4 is 10.9 Å². The minimum Gasteiger partial charge on any atom is -0.507 e. The minimum atomic E-state index is -0.666. The van der Waals surface area contributed by atoms with E-state index in [0.717, 1.165) is 18.5 Å². The molecule has 22 heavy (non-hydrogen) atoms. The summed E-state index contributed by atoms with van der Waals surface area (Å²) in [6.45, 7) is 0. The molecule has 114 valence electrons. The van der Waals surface area contributed by atoms with Gasteiger partial charge in [0.1, 0.15) is 11.3 Å². The van der Waals surface area contributed by atoms with Gasteiger partial charge in [0.25, 0.3) is 11.5 Å².